The van der Waals surface area contributed by atoms with Crippen LogP contribution in [0.2, 0.25) is 0 Å². The van der Waals surface area contributed by atoms with E-state index in [1.165, 1.54) is 11.1 Å². The van der Waals surface area contributed by atoms with Crippen molar-refractivity contribution in [2.75, 3.05) is 6.61 Å². The van der Waals surface area contributed by atoms with Gasteiger partial charge in [-0.25, -0.2) is 0 Å². The first-order chi connectivity index (χ1) is 13.4. The normalized spacial score (nSPS) is 23.1. The Bertz CT molecular complexity index is 668. The standard InChI is InChI=1S/C23H28F3NO/c1-2-28-22(23(24,25)26)15-13-21(14-16-22)27(17-19-9-5-3-6-10-19)18-20-11-7-4-8-12-20/h3-12,21H,2,13-18H2,1H3. The van der Waals surface area contributed by atoms with Crippen molar-refractivity contribution in [3.05, 3.63) is 71.8 Å². The summed E-state index contributed by atoms with van der Waals surface area (Å²) in [4.78, 5) is 2.32. The molecule has 5 heteroatoms. The zero-order chi connectivity index (χ0) is 20.0. The lowest BCUT2D eigenvalue weighted by molar-refractivity contribution is -0.289. The first-order valence-electron chi connectivity index (χ1n) is 9.96. The third-order valence-corrected chi connectivity index (χ3v) is 5.67. The van der Waals surface area contributed by atoms with E-state index in [1.54, 1.807) is 6.92 Å². The van der Waals surface area contributed by atoms with Crippen LogP contribution in [-0.2, 0) is 17.8 Å². The minimum atomic E-state index is -4.32. The smallest absolute Gasteiger partial charge is 0.366 e. The van der Waals surface area contributed by atoms with E-state index in [0.717, 1.165) is 13.1 Å². The molecule has 152 valence electrons. The number of nitrogens with zero attached hydrogens (tertiary/aromatic N) is 1. The molecule has 28 heavy (non-hydrogen) atoms. The maximum Gasteiger partial charge on any atom is 0.417 e. The summed E-state index contributed by atoms with van der Waals surface area (Å²) in [5.74, 6) is 0. The van der Waals surface area contributed by atoms with Gasteiger partial charge in [0.1, 0.15) is 0 Å². The first-order valence-corrected chi connectivity index (χ1v) is 9.96. The third kappa shape index (κ3) is 4.95. The zero-order valence-corrected chi connectivity index (χ0v) is 16.3. The predicted octanol–water partition coefficient (Wildman–Crippen LogP) is 5.97. The lowest BCUT2D eigenvalue weighted by Crippen LogP contribution is -2.53. The van der Waals surface area contributed by atoms with E-state index in [9.17, 15) is 13.2 Å². The molecule has 0 aliphatic heterocycles. The number of hydrogen-bond acceptors (Lipinski definition) is 2. The van der Waals surface area contributed by atoms with Crippen molar-refractivity contribution in [2.45, 2.75) is 63.5 Å². The van der Waals surface area contributed by atoms with Gasteiger partial charge in [-0.2, -0.15) is 13.2 Å². The summed E-state index contributed by atoms with van der Waals surface area (Å²) in [6.45, 7) is 3.18. The summed E-state index contributed by atoms with van der Waals surface area (Å²) in [5.41, 5.74) is 0.371. The summed E-state index contributed by atoms with van der Waals surface area (Å²) >= 11 is 0. The average Bonchev–Trinajstić information content (AvgIpc) is 2.69. The van der Waals surface area contributed by atoms with E-state index >= 15 is 0 Å². The number of benzene rings is 2. The Balaban J connectivity index is 1.75. The van der Waals surface area contributed by atoms with Crippen molar-refractivity contribution in [1.29, 1.82) is 0 Å². The van der Waals surface area contributed by atoms with Crippen LogP contribution < -0.4 is 0 Å². The summed E-state index contributed by atoms with van der Waals surface area (Å²) in [5, 5.41) is 0. The molecule has 0 spiro atoms. The van der Waals surface area contributed by atoms with Crippen LogP contribution in [0, 0.1) is 0 Å². The van der Waals surface area contributed by atoms with Crippen molar-refractivity contribution >= 4 is 0 Å². The molecular weight excluding hydrogens is 363 g/mol. The van der Waals surface area contributed by atoms with Crippen LogP contribution in [0.25, 0.3) is 0 Å². The molecule has 2 nitrogen and oxygen atoms in total. The highest BCUT2D eigenvalue weighted by atomic mass is 19.4. The molecule has 0 saturated heterocycles. The van der Waals surface area contributed by atoms with Gasteiger partial charge >= 0.3 is 6.18 Å². The van der Waals surface area contributed by atoms with Gasteiger partial charge in [-0.05, 0) is 43.7 Å². The number of rotatable bonds is 7. The first kappa shape index (κ1) is 20.9. The second kappa shape index (κ2) is 9.10. The fraction of sp³-hybridized carbons (Fsp3) is 0.478. The summed E-state index contributed by atoms with van der Waals surface area (Å²) in [6.07, 6.45) is -3.31. The van der Waals surface area contributed by atoms with Gasteiger partial charge < -0.3 is 4.74 Å². The highest BCUT2D eigenvalue weighted by molar-refractivity contribution is 5.17. The highest BCUT2D eigenvalue weighted by Gasteiger charge is 2.57. The molecule has 0 bridgehead atoms. The molecule has 2 aromatic carbocycles. The largest absolute Gasteiger partial charge is 0.417 e. The molecule has 0 aromatic heterocycles. The Morgan fingerprint density at radius 2 is 1.36 bits per heavy atom. The van der Waals surface area contributed by atoms with Crippen LogP contribution in [0.5, 0.6) is 0 Å². The summed E-state index contributed by atoms with van der Waals surface area (Å²) in [6, 6.07) is 20.3. The van der Waals surface area contributed by atoms with Crippen LogP contribution in [-0.4, -0.2) is 29.3 Å². The zero-order valence-electron chi connectivity index (χ0n) is 16.3. The second-order valence-corrected chi connectivity index (χ2v) is 7.53. The molecule has 0 N–H and O–H groups in total. The van der Waals surface area contributed by atoms with E-state index in [1.807, 2.05) is 36.4 Å². The molecule has 2 aromatic rings. The van der Waals surface area contributed by atoms with Crippen LogP contribution in [0.3, 0.4) is 0 Å². The van der Waals surface area contributed by atoms with Crippen molar-refractivity contribution < 1.29 is 17.9 Å². The topological polar surface area (TPSA) is 12.5 Å². The predicted molar refractivity (Wildman–Crippen MR) is 105 cm³/mol. The molecule has 1 aliphatic rings. The van der Waals surface area contributed by atoms with Crippen LogP contribution >= 0.6 is 0 Å². The van der Waals surface area contributed by atoms with E-state index in [0.29, 0.717) is 12.8 Å². The molecule has 0 unspecified atom stereocenters. The average molecular weight is 391 g/mol. The van der Waals surface area contributed by atoms with Crippen LogP contribution in [0.1, 0.15) is 43.7 Å². The molecule has 0 heterocycles. The Labute approximate surface area is 165 Å². The van der Waals surface area contributed by atoms with Crippen LogP contribution in [0.4, 0.5) is 13.2 Å². The van der Waals surface area contributed by atoms with E-state index in [4.69, 9.17) is 4.74 Å². The molecule has 3 rings (SSSR count). The maximum atomic E-state index is 13.7. The lowest BCUT2D eigenvalue weighted by atomic mass is 9.80. The molecule has 0 atom stereocenters. The minimum absolute atomic E-state index is 0.0229. The number of halogens is 3. The van der Waals surface area contributed by atoms with Gasteiger partial charge in [-0.1, -0.05) is 60.7 Å². The van der Waals surface area contributed by atoms with Gasteiger partial charge in [0.05, 0.1) is 0 Å². The Hall–Kier alpha value is -1.85. The molecule has 1 aliphatic carbocycles. The SMILES string of the molecule is CCOC1(C(F)(F)F)CCC(N(Cc2ccccc2)Cc2ccccc2)CC1. The van der Waals surface area contributed by atoms with E-state index < -0.39 is 11.8 Å². The molecule has 1 fully saturated rings. The van der Waals surface area contributed by atoms with Gasteiger partial charge in [0, 0.05) is 25.7 Å². The summed E-state index contributed by atoms with van der Waals surface area (Å²) in [7, 11) is 0. The van der Waals surface area contributed by atoms with E-state index in [2.05, 4.69) is 29.2 Å². The Morgan fingerprint density at radius 3 is 1.75 bits per heavy atom. The van der Waals surface area contributed by atoms with Crippen molar-refractivity contribution in [3.8, 4) is 0 Å². The Kier molecular flexibility index (Phi) is 6.78. The fourth-order valence-electron chi connectivity index (χ4n) is 4.17. The third-order valence-electron chi connectivity index (χ3n) is 5.67. The van der Waals surface area contributed by atoms with Gasteiger partial charge in [-0.15, -0.1) is 0 Å². The fourth-order valence-corrected chi connectivity index (χ4v) is 4.17. The molecule has 1 saturated carbocycles. The molecular formula is C23H28F3NO. The van der Waals surface area contributed by atoms with Crippen molar-refractivity contribution in [3.63, 3.8) is 0 Å². The van der Waals surface area contributed by atoms with Gasteiger partial charge in [0.15, 0.2) is 5.60 Å². The maximum absolute atomic E-state index is 13.7. The highest BCUT2D eigenvalue weighted by Crippen LogP contribution is 2.45. The van der Waals surface area contributed by atoms with Gasteiger partial charge in [0.25, 0.3) is 0 Å². The quantitative estimate of drug-likeness (QED) is 0.577. The monoisotopic (exact) mass is 391 g/mol. The Morgan fingerprint density at radius 1 is 0.893 bits per heavy atom. The van der Waals surface area contributed by atoms with Gasteiger partial charge in [-0.3, -0.25) is 4.90 Å². The van der Waals surface area contributed by atoms with Crippen molar-refractivity contribution in [2.24, 2.45) is 0 Å². The van der Waals surface area contributed by atoms with Crippen LogP contribution in [0.15, 0.2) is 60.7 Å². The summed E-state index contributed by atoms with van der Waals surface area (Å²) < 4.78 is 46.3. The van der Waals surface area contributed by atoms with Crippen molar-refractivity contribution in [1.82, 2.24) is 4.90 Å². The minimum Gasteiger partial charge on any atom is -0.366 e. The molecule has 0 radical (unpaired) electrons. The number of ether oxygens (including phenoxy) is 1. The number of hydrogen-bond donors (Lipinski definition) is 0. The lowest BCUT2D eigenvalue weighted by Gasteiger charge is -2.44. The molecule has 0 amide bonds. The van der Waals surface area contributed by atoms with E-state index in [-0.39, 0.29) is 25.5 Å². The second-order valence-electron chi connectivity index (χ2n) is 7.53. The number of alkyl halides is 3. The van der Waals surface area contributed by atoms with Gasteiger partial charge in [0.2, 0.25) is 0 Å².